The molecular weight excluding hydrogens is 270 g/mol. The average molecular weight is 293 g/mol. The number of nitrogens with two attached hydrogens (primary N) is 1. The molecule has 0 bridgehead atoms. The summed E-state index contributed by atoms with van der Waals surface area (Å²) in [6.45, 7) is 7.50. The number of nitrogens with zero attached hydrogens (tertiary/aromatic N) is 1. The van der Waals surface area contributed by atoms with Crippen molar-refractivity contribution in [3.63, 3.8) is 0 Å². The quantitative estimate of drug-likeness (QED) is 0.734. The highest BCUT2D eigenvalue weighted by molar-refractivity contribution is 5.91. The maximum Gasteiger partial charge on any atom is 0.335 e. The van der Waals surface area contributed by atoms with Gasteiger partial charge in [0.15, 0.2) is 0 Å². The van der Waals surface area contributed by atoms with Gasteiger partial charge in [-0.05, 0) is 45.9 Å². The second-order valence-corrected chi connectivity index (χ2v) is 6.10. The van der Waals surface area contributed by atoms with E-state index < -0.39 is 12.0 Å². The molecule has 0 heterocycles. The summed E-state index contributed by atoms with van der Waals surface area (Å²) in [5, 5.41) is 11.8. The molecule has 0 aromatic heterocycles. The van der Waals surface area contributed by atoms with E-state index in [1.807, 2.05) is 20.8 Å². The van der Waals surface area contributed by atoms with E-state index in [-0.39, 0.29) is 17.0 Å². The Hall–Kier alpha value is -2.24. The zero-order valence-electron chi connectivity index (χ0n) is 13.1. The maximum absolute atomic E-state index is 12.2. The molecule has 0 aliphatic heterocycles. The number of carbonyl (C=O) groups is 2. The predicted octanol–water partition coefficient (Wildman–Crippen LogP) is 1.71. The van der Waals surface area contributed by atoms with Gasteiger partial charge in [0.1, 0.15) is 6.04 Å². The van der Waals surface area contributed by atoms with Gasteiger partial charge in [0, 0.05) is 12.6 Å². The van der Waals surface area contributed by atoms with E-state index >= 15 is 0 Å². The number of hydrogen-bond acceptors (Lipinski definition) is 4. The Morgan fingerprint density at radius 1 is 1.33 bits per heavy atom. The molecule has 0 saturated heterocycles. The molecule has 0 aliphatic rings. The van der Waals surface area contributed by atoms with Crippen molar-refractivity contribution in [2.45, 2.75) is 39.3 Å². The molecule has 0 fully saturated rings. The average Bonchev–Trinajstić information content (AvgIpc) is 2.34. The highest BCUT2D eigenvalue weighted by atomic mass is 16.4. The molecular formula is C15H23N3O3. The van der Waals surface area contributed by atoms with E-state index in [1.165, 1.54) is 12.1 Å². The van der Waals surface area contributed by atoms with Crippen LogP contribution >= 0.6 is 0 Å². The third-order valence-corrected chi connectivity index (χ3v) is 3.11. The zero-order valence-corrected chi connectivity index (χ0v) is 13.1. The molecule has 116 valence electrons. The predicted molar refractivity (Wildman–Crippen MR) is 83.6 cm³/mol. The van der Waals surface area contributed by atoms with Crippen molar-refractivity contribution in [3.8, 4) is 0 Å². The Balaban J connectivity index is 2.95. The number of amides is 1. The van der Waals surface area contributed by atoms with Crippen LogP contribution in [0.25, 0.3) is 0 Å². The van der Waals surface area contributed by atoms with Crippen LogP contribution in [0.2, 0.25) is 0 Å². The highest BCUT2D eigenvalue weighted by Gasteiger charge is 2.23. The third-order valence-electron chi connectivity index (χ3n) is 3.11. The Morgan fingerprint density at radius 2 is 1.90 bits per heavy atom. The van der Waals surface area contributed by atoms with Crippen LogP contribution in [-0.4, -0.2) is 35.6 Å². The molecule has 1 rings (SSSR count). The fourth-order valence-electron chi connectivity index (χ4n) is 1.87. The molecule has 0 radical (unpaired) electrons. The topological polar surface area (TPSA) is 95.7 Å². The number of nitrogen functional groups attached to an aromatic ring is 1. The van der Waals surface area contributed by atoms with Crippen molar-refractivity contribution in [2.75, 3.05) is 17.7 Å². The van der Waals surface area contributed by atoms with E-state index in [4.69, 9.17) is 10.8 Å². The van der Waals surface area contributed by atoms with Crippen molar-refractivity contribution >= 4 is 23.3 Å². The van der Waals surface area contributed by atoms with Crippen LogP contribution in [0.4, 0.5) is 11.4 Å². The number of carboxylic acids is 1. The van der Waals surface area contributed by atoms with Crippen LogP contribution in [0.3, 0.4) is 0 Å². The second kappa shape index (κ2) is 6.03. The van der Waals surface area contributed by atoms with Gasteiger partial charge in [-0.1, -0.05) is 0 Å². The third kappa shape index (κ3) is 4.37. The van der Waals surface area contributed by atoms with Gasteiger partial charge in [0.25, 0.3) is 0 Å². The van der Waals surface area contributed by atoms with Crippen molar-refractivity contribution in [3.05, 3.63) is 23.8 Å². The number of anilines is 2. The van der Waals surface area contributed by atoms with Gasteiger partial charge < -0.3 is 21.1 Å². The van der Waals surface area contributed by atoms with E-state index in [0.29, 0.717) is 11.4 Å². The van der Waals surface area contributed by atoms with Crippen molar-refractivity contribution in [1.82, 2.24) is 5.32 Å². The minimum Gasteiger partial charge on any atom is -0.478 e. The van der Waals surface area contributed by atoms with Crippen molar-refractivity contribution in [1.29, 1.82) is 0 Å². The highest BCUT2D eigenvalue weighted by Crippen LogP contribution is 2.25. The first-order valence-electron chi connectivity index (χ1n) is 6.70. The molecule has 0 aliphatic carbocycles. The number of hydrogen-bond donors (Lipinski definition) is 3. The number of benzene rings is 1. The van der Waals surface area contributed by atoms with Crippen molar-refractivity contribution < 1.29 is 14.7 Å². The lowest BCUT2D eigenvalue weighted by Crippen LogP contribution is -2.50. The first-order chi connectivity index (χ1) is 9.53. The van der Waals surface area contributed by atoms with Gasteiger partial charge in [-0.3, -0.25) is 4.79 Å². The van der Waals surface area contributed by atoms with Gasteiger partial charge in [-0.25, -0.2) is 4.79 Å². The monoisotopic (exact) mass is 293 g/mol. The van der Waals surface area contributed by atoms with Gasteiger partial charge in [-0.15, -0.1) is 0 Å². The molecule has 21 heavy (non-hydrogen) atoms. The minimum absolute atomic E-state index is 0.119. The van der Waals surface area contributed by atoms with Gasteiger partial charge in [0.05, 0.1) is 16.9 Å². The molecule has 1 aromatic rings. The first kappa shape index (κ1) is 16.8. The van der Waals surface area contributed by atoms with Crippen LogP contribution in [0.5, 0.6) is 0 Å². The number of aromatic carboxylic acids is 1. The molecule has 0 saturated carbocycles. The fourth-order valence-corrected chi connectivity index (χ4v) is 1.87. The lowest BCUT2D eigenvalue weighted by atomic mass is 10.1. The molecule has 0 spiro atoms. The summed E-state index contributed by atoms with van der Waals surface area (Å²) in [6.07, 6.45) is 0. The molecule has 4 N–H and O–H groups in total. The van der Waals surface area contributed by atoms with Crippen LogP contribution in [0, 0.1) is 0 Å². The zero-order chi connectivity index (χ0) is 16.4. The standard InChI is InChI=1S/C15H23N3O3/c1-9(13(19)17-15(2,3)4)18(5)12-7-6-10(14(20)21)8-11(12)16/h6-9H,16H2,1-5H3,(H,17,19)(H,20,21). The smallest absolute Gasteiger partial charge is 0.335 e. The van der Waals surface area contributed by atoms with Gasteiger partial charge in [-0.2, -0.15) is 0 Å². The summed E-state index contributed by atoms with van der Waals surface area (Å²) in [7, 11) is 1.75. The van der Waals surface area contributed by atoms with Crippen LogP contribution in [0.1, 0.15) is 38.1 Å². The summed E-state index contributed by atoms with van der Waals surface area (Å²) in [4.78, 5) is 24.8. The lowest BCUT2D eigenvalue weighted by Gasteiger charge is -2.30. The second-order valence-electron chi connectivity index (χ2n) is 6.10. The Kier molecular flexibility index (Phi) is 4.83. The molecule has 6 heteroatoms. The van der Waals surface area contributed by atoms with Crippen molar-refractivity contribution in [2.24, 2.45) is 0 Å². The first-order valence-corrected chi connectivity index (χ1v) is 6.70. The molecule has 6 nitrogen and oxygen atoms in total. The molecule has 1 unspecified atom stereocenters. The van der Waals surface area contributed by atoms with Crippen LogP contribution in [0.15, 0.2) is 18.2 Å². The summed E-state index contributed by atoms with van der Waals surface area (Å²) in [6, 6.07) is 4.04. The minimum atomic E-state index is -1.03. The molecule has 1 aromatic carbocycles. The number of likely N-dealkylation sites (N-methyl/N-ethyl adjacent to an activating group) is 1. The molecule has 1 amide bonds. The summed E-state index contributed by atoms with van der Waals surface area (Å²) in [5.41, 5.74) is 6.64. The van der Waals surface area contributed by atoms with E-state index in [0.717, 1.165) is 0 Å². The Labute approximate surface area is 124 Å². The lowest BCUT2D eigenvalue weighted by molar-refractivity contribution is -0.123. The summed E-state index contributed by atoms with van der Waals surface area (Å²) in [5.74, 6) is -1.15. The number of carbonyl (C=O) groups excluding carboxylic acids is 1. The number of carboxylic acid groups (broad SMARTS) is 1. The number of rotatable bonds is 4. The van der Waals surface area contributed by atoms with E-state index in [1.54, 1.807) is 24.9 Å². The largest absolute Gasteiger partial charge is 0.478 e. The van der Waals surface area contributed by atoms with Gasteiger partial charge >= 0.3 is 5.97 Å². The fraction of sp³-hybridized carbons (Fsp3) is 0.467. The normalized spacial score (nSPS) is 12.6. The number of nitrogens with one attached hydrogen (secondary N) is 1. The Morgan fingerprint density at radius 3 is 2.33 bits per heavy atom. The Bertz CT molecular complexity index is 550. The van der Waals surface area contributed by atoms with E-state index in [9.17, 15) is 9.59 Å². The maximum atomic E-state index is 12.2. The summed E-state index contributed by atoms with van der Waals surface area (Å²) >= 11 is 0. The molecule has 1 atom stereocenters. The van der Waals surface area contributed by atoms with E-state index in [2.05, 4.69) is 5.32 Å². The van der Waals surface area contributed by atoms with Crippen LogP contribution < -0.4 is 16.0 Å². The van der Waals surface area contributed by atoms with Crippen LogP contribution in [-0.2, 0) is 4.79 Å². The summed E-state index contributed by atoms with van der Waals surface area (Å²) < 4.78 is 0. The SMILES string of the molecule is CC(C(=O)NC(C)(C)C)N(C)c1ccc(C(=O)O)cc1N. The van der Waals surface area contributed by atoms with Gasteiger partial charge in [0.2, 0.25) is 5.91 Å².